The highest BCUT2D eigenvalue weighted by Crippen LogP contribution is 2.36. The molecule has 2 N–H and O–H groups in total. The van der Waals surface area contributed by atoms with Gasteiger partial charge in [-0.3, -0.25) is 5.10 Å². The molecule has 0 saturated carbocycles. The zero-order valence-corrected chi connectivity index (χ0v) is 11.0. The van der Waals surface area contributed by atoms with Crippen LogP contribution in [0.3, 0.4) is 0 Å². The van der Waals surface area contributed by atoms with Crippen molar-refractivity contribution in [2.75, 3.05) is 6.61 Å². The molecule has 1 aliphatic carbocycles. The first-order chi connectivity index (χ1) is 9.86. The van der Waals surface area contributed by atoms with Gasteiger partial charge in [0.05, 0.1) is 6.20 Å². The molecule has 2 heterocycles. The first kappa shape index (κ1) is 11.6. The Kier molecular flexibility index (Phi) is 2.57. The normalized spacial score (nSPS) is 17.6. The van der Waals surface area contributed by atoms with Crippen LogP contribution in [0.4, 0.5) is 0 Å². The highest BCUT2D eigenvalue weighted by molar-refractivity contribution is 5.92. The van der Waals surface area contributed by atoms with E-state index in [4.69, 9.17) is 0 Å². The molecule has 0 fully saturated rings. The molecule has 3 aromatic rings. The predicted molar refractivity (Wildman–Crippen MR) is 77.5 cm³/mol. The van der Waals surface area contributed by atoms with Crippen molar-refractivity contribution in [3.8, 4) is 11.1 Å². The molecule has 0 bridgehead atoms. The van der Waals surface area contributed by atoms with E-state index < -0.39 is 0 Å². The van der Waals surface area contributed by atoms with Crippen LogP contribution in [0.15, 0.2) is 36.7 Å². The van der Waals surface area contributed by atoms with Crippen molar-refractivity contribution in [2.24, 2.45) is 0 Å². The fourth-order valence-electron chi connectivity index (χ4n) is 3.15. The molecule has 20 heavy (non-hydrogen) atoms. The lowest BCUT2D eigenvalue weighted by atomic mass is 9.96. The Bertz CT molecular complexity index is 778. The molecule has 1 aromatic carbocycles. The first-order valence-corrected chi connectivity index (χ1v) is 6.89. The van der Waals surface area contributed by atoms with Gasteiger partial charge in [-0.15, -0.1) is 0 Å². The second kappa shape index (κ2) is 4.42. The lowest BCUT2D eigenvalue weighted by Crippen LogP contribution is -1.99. The molecular formula is C16H15N3O. The second-order valence-electron chi connectivity index (χ2n) is 5.32. The van der Waals surface area contributed by atoms with E-state index in [2.05, 4.69) is 33.4 Å². The van der Waals surface area contributed by atoms with E-state index in [1.54, 1.807) is 6.20 Å². The van der Waals surface area contributed by atoms with Crippen molar-refractivity contribution in [1.29, 1.82) is 0 Å². The van der Waals surface area contributed by atoms with E-state index in [0.717, 1.165) is 35.0 Å². The van der Waals surface area contributed by atoms with Gasteiger partial charge in [0, 0.05) is 24.1 Å². The summed E-state index contributed by atoms with van der Waals surface area (Å²) in [5.74, 6) is 0.284. The van der Waals surface area contributed by atoms with Crippen LogP contribution < -0.4 is 0 Å². The van der Waals surface area contributed by atoms with Gasteiger partial charge in [0.2, 0.25) is 0 Å². The van der Waals surface area contributed by atoms with E-state index in [1.807, 2.05) is 12.3 Å². The van der Waals surface area contributed by atoms with Crippen molar-refractivity contribution in [3.63, 3.8) is 0 Å². The van der Waals surface area contributed by atoms with Crippen molar-refractivity contribution in [1.82, 2.24) is 15.2 Å². The molecule has 2 aromatic heterocycles. The number of hydrogen-bond acceptors (Lipinski definition) is 3. The maximum atomic E-state index is 9.49. The van der Waals surface area contributed by atoms with Gasteiger partial charge in [-0.2, -0.15) is 5.10 Å². The van der Waals surface area contributed by atoms with Crippen molar-refractivity contribution < 1.29 is 5.11 Å². The van der Waals surface area contributed by atoms with Gasteiger partial charge in [-0.25, -0.2) is 4.98 Å². The summed E-state index contributed by atoms with van der Waals surface area (Å²) in [5, 5.41) is 17.5. The van der Waals surface area contributed by atoms with E-state index in [1.165, 1.54) is 11.1 Å². The van der Waals surface area contributed by atoms with Crippen LogP contribution in [0, 0.1) is 0 Å². The van der Waals surface area contributed by atoms with E-state index in [9.17, 15) is 5.11 Å². The number of hydrogen-bond donors (Lipinski definition) is 2. The van der Waals surface area contributed by atoms with Crippen molar-refractivity contribution in [3.05, 3.63) is 47.8 Å². The monoisotopic (exact) mass is 265 g/mol. The van der Waals surface area contributed by atoms with Crippen LogP contribution in [0.5, 0.6) is 0 Å². The lowest BCUT2D eigenvalue weighted by Gasteiger charge is -2.10. The molecule has 100 valence electrons. The average Bonchev–Trinajstić information content (AvgIpc) is 3.12. The SMILES string of the molecule is OC[C@@H]1CCc2ccc(-c3ccnc4[nH]ncc34)cc21. The van der Waals surface area contributed by atoms with Crippen LogP contribution >= 0.6 is 0 Å². The Hall–Kier alpha value is -2.20. The average molecular weight is 265 g/mol. The van der Waals surface area contributed by atoms with Crippen LogP contribution in [-0.2, 0) is 6.42 Å². The van der Waals surface area contributed by atoms with Crippen LogP contribution in [0.2, 0.25) is 0 Å². The molecule has 0 unspecified atom stereocenters. The number of H-pyrrole nitrogens is 1. The third-order valence-corrected chi connectivity index (χ3v) is 4.23. The Labute approximate surface area is 116 Å². The van der Waals surface area contributed by atoms with Crippen LogP contribution in [0.25, 0.3) is 22.2 Å². The number of nitrogens with zero attached hydrogens (tertiary/aromatic N) is 2. The number of fused-ring (bicyclic) bond motifs is 2. The minimum atomic E-state index is 0.230. The van der Waals surface area contributed by atoms with Crippen LogP contribution in [0.1, 0.15) is 23.5 Å². The summed E-state index contributed by atoms with van der Waals surface area (Å²) in [7, 11) is 0. The smallest absolute Gasteiger partial charge is 0.155 e. The summed E-state index contributed by atoms with van der Waals surface area (Å²) < 4.78 is 0. The molecule has 0 radical (unpaired) electrons. The van der Waals surface area contributed by atoms with Gasteiger partial charge in [0.25, 0.3) is 0 Å². The molecule has 0 aliphatic heterocycles. The van der Waals surface area contributed by atoms with Crippen molar-refractivity contribution in [2.45, 2.75) is 18.8 Å². The van der Waals surface area contributed by atoms with Gasteiger partial charge in [0.1, 0.15) is 0 Å². The van der Waals surface area contributed by atoms with Gasteiger partial charge < -0.3 is 5.11 Å². The van der Waals surface area contributed by atoms with E-state index >= 15 is 0 Å². The number of aliphatic hydroxyl groups is 1. The number of aryl methyl sites for hydroxylation is 1. The fourth-order valence-corrected chi connectivity index (χ4v) is 3.15. The zero-order valence-electron chi connectivity index (χ0n) is 11.0. The minimum Gasteiger partial charge on any atom is -0.396 e. The highest BCUT2D eigenvalue weighted by atomic mass is 16.3. The standard InChI is InChI=1S/C16H15N3O/c20-9-12-4-2-10-1-3-11(7-14(10)12)13-5-6-17-16-15(13)8-18-19-16/h1,3,5-8,12,20H,2,4,9H2,(H,17,18,19)/t12-/m0/s1. The molecule has 4 nitrogen and oxygen atoms in total. The summed E-state index contributed by atoms with van der Waals surface area (Å²) in [5.41, 5.74) is 5.76. The molecule has 0 saturated heterocycles. The highest BCUT2D eigenvalue weighted by Gasteiger charge is 2.22. The molecule has 0 amide bonds. The first-order valence-electron chi connectivity index (χ1n) is 6.89. The van der Waals surface area contributed by atoms with Gasteiger partial charge in [-0.1, -0.05) is 18.2 Å². The largest absolute Gasteiger partial charge is 0.396 e. The van der Waals surface area contributed by atoms with Gasteiger partial charge >= 0.3 is 0 Å². The number of pyridine rings is 1. The number of rotatable bonds is 2. The summed E-state index contributed by atoms with van der Waals surface area (Å²) in [6.07, 6.45) is 5.73. The van der Waals surface area contributed by atoms with Crippen molar-refractivity contribution >= 4 is 11.0 Å². The second-order valence-corrected chi connectivity index (χ2v) is 5.32. The number of benzene rings is 1. The minimum absolute atomic E-state index is 0.230. The van der Waals surface area contributed by atoms with E-state index in [0.29, 0.717) is 0 Å². The predicted octanol–water partition coefficient (Wildman–Crippen LogP) is 2.65. The number of aromatic amines is 1. The lowest BCUT2D eigenvalue weighted by molar-refractivity contribution is 0.265. The Balaban J connectivity index is 1.89. The van der Waals surface area contributed by atoms with Gasteiger partial charge in [0.15, 0.2) is 5.65 Å². The van der Waals surface area contributed by atoms with E-state index in [-0.39, 0.29) is 12.5 Å². The summed E-state index contributed by atoms with van der Waals surface area (Å²) >= 11 is 0. The van der Waals surface area contributed by atoms with Gasteiger partial charge in [-0.05, 0) is 41.2 Å². The quantitative estimate of drug-likeness (QED) is 0.748. The summed E-state index contributed by atoms with van der Waals surface area (Å²) in [6.45, 7) is 0.230. The number of aromatic nitrogens is 3. The maximum absolute atomic E-state index is 9.49. The third-order valence-electron chi connectivity index (χ3n) is 4.23. The zero-order chi connectivity index (χ0) is 13.5. The molecule has 1 atom stereocenters. The fraction of sp³-hybridized carbons (Fsp3) is 0.250. The maximum Gasteiger partial charge on any atom is 0.155 e. The third kappa shape index (κ3) is 1.65. The summed E-state index contributed by atoms with van der Waals surface area (Å²) in [6, 6.07) is 8.57. The number of aliphatic hydroxyl groups excluding tert-OH is 1. The Morgan fingerprint density at radius 2 is 2.25 bits per heavy atom. The Morgan fingerprint density at radius 1 is 1.30 bits per heavy atom. The van der Waals surface area contributed by atoms with Crippen LogP contribution in [-0.4, -0.2) is 26.9 Å². The summed E-state index contributed by atoms with van der Waals surface area (Å²) in [4.78, 5) is 4.27. The molecule has 4 heteroatoms. The molecular weight excluding hydrogens is 250 g/mol. The molecule has 0 spiro atoms. The molecule has 1 aliphatic rings. The Morgan fingerprint density at radius 3 is 3.15 bits per heavy atom. The topological polar surface area (TPSA) is 61.8 Å². The number of nitrogens with one attached hydrogen (secondary N) is 1. The molecule has 4 rings (SSSR count).